The van der Waals surface area contributed by atoms with Crippen molar-refractivity contribution in [3.8, 4) is 0 Å². The van der Waals surface area contributed by atoms with Crippen molar-refractivity contribution in [3.63, 3.8) is 0 Å². The first kappa shape index (κ1) is 15.1. The summed E-state index contributed by atoms with van der Waals surface area (Å²) in [4.78, 5) is 11.6. The highest BCUT2D eigenvalue weighted by atomic mass is 15.2. The number of anilines is 1. The number of nitrogens with one attached hydrogen (secondary N) is 1. The van der Waals surface area contributed by atoms with E-state index in [-0.39, 0.29) is 0 Å². The van der Waals surface area contributed by atoms with Gasteiger partial charge in [0, 0.05) is 38.4 Å². The monoisotopic (exact) mass is 321 g/mol. The molecule has 24 heavy (non-hydrogen) atoms. The number of aromatic nitrogens is 3. The fourth-order valence-corrected chi connectivity index (χ4v) is 3.53. The smallest absolute Gasteiger partial charge is 0.146 e. The van der Waals surface area contributed by atoms with Crippen molar-refractivity contribution in [3.05, 3.63) is 53.5 Å². The predicted octanol–water partition coefficient (Wildman–Crippen LogP) is 2.51. The molecule has 0 bridgehead atoms. The van der Waals surface area contributed by atoms with Crippen LogP contribution in [0.3, 0.4) is 0 Å². The lowest BCUT2D eigenvalue weighted by molar-refractivity contribution is 0.586. The Labute approximate surface area is 142 Å². The molecule has 1 fully saturated rings. The van der Waals surface area contributed by atoms with Crippen molar-refractivity contribution in [2.45, 2.75) is 20.4 Å². The summed E-state index contributed by atoms with van der Waals surface area (Å²) >= 11 is 0. The average Bonchev–Trinajstić information content (AvgIpc) is 2.88. The summed E-state index contributed by atoms with van der Waals surface area (Å²) in [6, 6.07) is 10.6. The van der Waals surface area contributed by atoms with E-state index in [1.807, 2.05) is 0 Å². The molecule has 3 aromatic rings. The van der Waals surface area contributed by atoms with Crippen molar-refractivity contribution in [1.82, 2.24) is 19.9 Å². The van der Waals surface area contributed by atoms with Crippen molar-refractivity contribution in [1.29, 1.82) is 0 Å². The molecule has 124 valence electrons. The zero-order valence-corrected chi connectivity index (χ0v) is 14.3. The van der Waals surface area contributed by atoms with E-state index in [0.29, 0.717) is 0 Å². The van der Waals surface area contributed by atoms with Crippen molar-refractivity contribution in [2.24, 2.45) is 0 Å². The van der Waals surface area contributed by atoms with Crippen LogP contribution in [0.5, 0.6) is 0 Å². The number of piperazine rings is 1. The van der Waals surface area contributed by atoms with E-state index < -0.39 is 0 Å². The minimum atomic E-state index is 0.842. The molecule has 1 N–H and O–H groups in total. The first-order valence-electron chi connectivity index (χ1n) is 8.55. The second-order valence-electron chi connectivity index (χ2n) is 6.42. The molecule has 1 aliphatic heterocycles. The van der Waals surface area contributed by atoms with Gasteiger partial charge in [0.2, 0.25) is 0 Å². The topological polar surface area (TPSA) is 46.0 Å². The number of nitrogens with zero attached hydrogens (tertiary/aromatic N) is 4. The van der Waals surface area contributed by atoms with Crippen LogP contribution in [-0.4, -0.2) is 40.7 Å². The van der Waals surface area contributed by atoms with Crippen LogP contribution in [0.4, 0.5) is 5.82 Å². The number of aryl methyl sites for hydroxylation is 1. The van der Waals surface area contributed by atoms with Gasteiger partial charge >= 0.3 is 0 Å². The second kappa shape index (κ2) is 6.24. The SMILES string of the molecule is Cc1c(C)n(Cc2ccccc2)c2ncnc(N3CCNCC3)c12. The summed E-state index contributed by atoms with van der Waals surface area (Å²) in [6.45, 7) is 9.22. The fraction of sp³-hybridized carbons (Fsp3) is 0.368. The molecule has 2 aromatic heterocycles. The molecule has 1 aromatic carbocycles. The Bertz CT molecular complexity index is 847. The maximum absolute atomic E-state index is 4.63. The molecule has 1 aliphatic rings. The van der Waals surface area contributed by atoms with Crippen LogP contribution in [0.1, 0.15) is 16.8 Å². The van der Waals surface area contributed by atoms with E-state index in [9.17, 15) is 0 Å². The summed E-state index contributed by atoms with van der Waals surface area (Å²) in [5, 5.41) is 4.61. The predicted molar refractivity (Wildman–Crippen MR) is 97.6 cm³/mol. The van der Waals surface area contributed by atoms with E-state index in [1.165, 1.54) is 22.2 Å². The van der Waals surface area contributed by atoms with Gasteiger partial charge in [-0.15, -0.1) is 0 Å². The zero-order valence-electron chi connectivity index (χ0n) is 14.3. The highest BCUT2D eigenvalue weighted by molar-refractivity contribution is 5.92. The molecule has 3 heterocycles. The Hall–Kier alpha value is -2.40. The lowest BCUT2D eigenvalue weighted by Gasteiger charge is -2.28. The minimum absolute atomic E-state index is 0.842. The first-order chi connectivity index (χ1) is 11.8. The maximum atomic E-state index is 4.63. The number of hydrogen-bond donors (Lipinski definition) is 1. The van der Waals surface area contributed by atoms with Gasteiger partial charge in [-0.1, -0.05) is 30.3 Å². The quantitative estimate of drug-likeness (QED) is 0.805. The molecular weight excluding hydrogens is 298 g/mol. The van der Waals surface area contributed by atoms with Crippen molar-refractivity contribution in [2.75, 3.05) is 31.1 Å². The van der Waals surface area contributed by atoms with Crippen LogP contribution >= 0.6 is 0 Å². The largest absolute Gasteiger partial charge is 0.353 e. The van der Waals surface area contributed by atoms with Gasteiger partial charge in [-0.25, -0.2) is 9.97 Å². The highest BCUT2D eigenvalue weighted by Crippen LogP contribution is 2.31. The summed E-state index contributed by atoms with van der Waals surface area (Å²) in [6.07, 6.45) is 1.71. The van der Waals surface area contributed by atoms with E-state index in [2.05, 4.69) is 68.9 Å². The molecule has 0 amide bonds. The Morgan fingerprint density at radius 2 is 1.79 bits per heavy atom. The van der Waals surface area contributed by atoms with E-state index in [4.69, 9.17) is 0 Å². The third kappa shape index (κ3) is 2.55. The highest BCUT2D eigenvalue weighted by Gasteiger charge is 2.21. The molecular formula is C19H23N5. The molecule has 5 heteroatoms. The summed E-state index contributed by atoms with van der Waals surface area (Å²) in [5.41, 5.74) is 4.89. The van der Waals surface area contributed by atoms with Gasteiger partial charge in [0.15, 0.2) is 0 Å². The third-order valence-electron chi connectivity index (χ3n) is 4.99. The van der Waals surface area contributed by atoms with Gasteiger partial charge in [-0.3, -0.25) is 0 Å². The van der Waals surface area contributed by atoms with Crippen molar-refractivity contribution >= 4 is 16.9 Å². The van der Waals surface area contributed by atoms with Crippen LogP contribution in [0.2, 0.25) is 0 Å². The third-order valence-corrected chi connectivity index (χ3v) is 4.99. The molecule has 0 saturated carbocycles. The van der Waals surface area contributed by atoms with Crippen LogP contribution in [0.15, 0.2) is 36.7 Å². The normalized spacial score (nSPS) is 15.2. The summed E-state index contributed by atoms with van der Waals surface area (Å²) < 4.78 is 2.31. The number of fused-ring (bicyclic) bond motifs is 1. The molecule has 0 unspecified atom stereocenters. The first-order valence-corrected chi connectivity index (χ1v) is 8.55. The van der Waals surface area contributed by atoms with E-state index in [1.54, 1.807) is 6.33 Å². The number of benzene rings is 1. The van der Waals surface area contributed by atoms with Crippen molar-refractivity contribution < 1.29 is 0 Å². The molecule has 0 radical (unpaired) electrons. The van der Waals surface area contributed by atoms with Crippen LogP contribution in [0.25, 0.3) is 11.0 Å². The molecule has 0 aliphatic carbocycles. The lowest BCUT2D eigenvalue weighted by Crippen LogP contribution is -2.44. The van der Waals surface area contributed by atoms with E-state index in [0.717, 1.165) is 44.2 Å². The van der Waals surface area contributed by atoms with Gasteiger partial charge < -0.3 is 14.8 Å². The number of rotatable bonds is 3. The Kier molecular flexibility index (Phi) is 3.94. The van der Waals surface area contributed by atoms with Gasteiger partial charge in [0.25, 0.3) is 0 Å². The zero-order chi connectivity index (χ0) is 16.5. The van der Waals surface area contributed by atoms with Gasteiger partial charge in [-0.05, 0) is 25.0 Å². The Morgan fingerprint density at radius 3 is 2.54 bits per heavy atom. The molecule has 0 atom stereocenters. The van der Waals surface area contributed by atoms with Gasteiger partial charge in [0.1, 0.15) is 17.8 Å². The minimum Gasteiger partial charge on any atom is -0.353 e. The van der Waals surface area contributed by atoms with Crippen LogP contribution in [-0.2, 0) is 6.54 Å². The Morgan fingerprint density at radius 1 is 1.04 bits per heavy atom. The molecule has 0 spiro atoms. The summed E-state index contributed by atoms with van der Waals surface area (Å²) in [7, 11) is 0. The number of hydrogen-bond acceptors (Lipinski definition) is 4. The molecule has 5 nitrogen and oxygen atoms in total. The van der Waals surface area contributed by atoms with Crippen LogP contribution < -0.4 is 10.2 Å². The average molecular weight is 321 g/mol. The standard InChI is InChI=1S/C19H23N5/c1-14-15(2)24(12-16-6-4-3-5-7-16)19-17(14)18(21-13-22-19)23-10-8-20-9-11-23/h3-7,13,20H,8-12H2,1-2H3. The molecule has 1 saturated heterocycles. The van der Waals surface area contributed by atoms with E-state index >= 15 is 0 Å². The second-order valence-corrected chi connectivity index (χ2v) is 6.42. The van der Waals surface area contributed by atoms with Gasteiger partial charge in [-0.2, -0.15) is 0 Å². The molecule has 4 rings (SSSR count). The maximum Gasteiger partial charge on any atom is 0.146 e. The summed E-state index contributed by atoms with van der Waals surface area (Å²) in [5.74, 6) is 1.08. The van der Waals surface area contributed by atoms with Crippen LogP contribution in [0, 0.1) is 13.8 Å². The Balaban J connectivity index is 1.82. The lowest BCUT2D eigenvalue weighted by atomic mass is 10.2. The van der Waals surface area contributed by atoms with Gasteiger partial charge in [0.05, 0.1) is 5.39 Å². The fourth-order valence-electron chi connectivity index (χ4n) is 3.53.